The number of hydrogen-bond acceptors (Lipinski definition) is 3. The van der Waals surface area contributed by atoms with Crippen molar-refractivity contribution in [3.63, 3.8) is 0 Å². The maximum atomic E-state index is 12.5. The fourth-order valence-electron chi connectivity index (χ4n) is 11.1. The summed E-state index contributed by atoms with van der Waals surface area (Å²) in [5.41, 5.74) is 0. The van der Waals surface area contributed by atoms with Crippen LogP contribution in [0.2, 0.25) is 0 Å². The lowest BCUT2D eigenvalue weighted by molar-refractivity contribution is -0.123. The third kappa shape index (κ3) is 58.3. The number of nitrogens with one attached hydrogen (secondary N) is 1. The van der Waals surface area contributed by atoms with Gasteiger partial charge in [-0.2, -0.15) is 0 Å². The lowest BCUT2D eigenvalue weighted by atomic mass is 10.0. The van der Waals surface area contributed by atoms with Crippen LogP contribution in [0.5, 0.6) is 0 Å². The van der Waals surface area contributed by atoms with Gasteiger partial charge in [-0.25, -0.2) is 0 Å². The van der Waals surface area contributed by atoms with Gasteiger partial charge in [-0.1, -0.05) is 380 Å². The molecule has 0 bridgehead atoms. The van der Waals surface area contributed by atoms with Gasteiger partial charge in [0.1, 0.15) is 0 Å². The zero-order valence-corrected chi connectivity index (χ0v) is 48.6. The molecule has 0 aliphatic rings. The summed E-state index contributed by atoms with van der Waals surface area (Å²) in [6.07, 6.45) is 81.6. The minimum absolute atomic E-state index is 0.0205. The molecule has 0 saturated heterocycles. The maximum Gasteiger partial charge on any atom is 0.220 e. The molecule has 0 aromatic rings. The summed E-state index contributed by atoms with van der Waals surface area (Å²) in [5.74, 6) is -0.0205. The molecular weight excluding hydrogens is 855 g/mol. The highest BCUT2D eigenvalue weighted by Gasteiger charge is 2.20. The summed E-state index contributed by atoms with van der Waals surface area (Å²) in [6, 6.07) is -0.532. The standard InChI is InChI=1S/C66H133NO3/c1-3-5-7-9-11-13-15-17-19-21-23-24-25-26-27-28-29-30-31-32-33-34-35-36-37-38-39-40-41-42-44-46-48-50-52-54-56-58-60-62-66(70)67-64(63-68)65(69)61-59-57-55-53-51-49-47-45-43-22-20-18-16-14-12-10-8-6-4-2/h64-65,68-69H,3-63H2,1-2H3,(H,67,70). The molecule has 3 N–H and O–H groups in total. The molecule has 1 amide bonds. The van der Waals surface area contributed by atoms with E-state index < -0.39 is 12.1 Å². The van der Waals surface area contributed by atoms with Crippen LogP contribution in [-0.4, -0.2) is 34.9 Å². The van der Waals surface area contributed by atoms with Gasteiger partial charge in [0.15, 0.2) is 0 Å². The van der Waals surface area contributed by atoms with Crippen LogP contribution in [0.15, 0.2) is 0 Å². The van der Waals surface area contributed by atoms with Gasteiger partial charge in [0.25, 0.3) is 0 Å². The van der Waals surface area contributed by atoms with E-state index in [1.807, 2.05) is 0 Å². The third-order valence-electron chi connectivity index (χ3n) is 16.1. The Bertz CT molecular complexity index is 940. The molecule has 0 aliphatic carbocycles. The Hall–Kier alpha value is -0.610. The number of rotatable bonds is 63. The minimum Gasteiger partial charge on any atom is -0.394 e. The Morgan fingerprint density at radius 3 is 0.643 bits per heavy atom. The molecule has 0 radical (unpaired) electrons. The third-order valence-corrected chi connectivity index (χ3v) is 16.1. The highest BCUT2D eigenvalue weighted by Crippen LogP contribution is 2.20. The van der Waals surface area contributed by atoms with Crippen LogP contribution < -0.4 is 5.32 Å². The van der Waals surface area contributed by atoms with Gasteiger partial charge in [-0.05, 0) is 12.8 Å². The first-order valence-electron chi connectivity index (χ1n) is 33.2. The molecule has 4 nitrogen and oxygen atoms in total. The van der Waals surface area contributed by atoms with E-state index in [1.54, 1.807) is 0 Å². The molecule has 0 aromatic carbocycles. The molecule has 0 aliphatic heterocycles. The summed E-state index contributed by atoms with van der Waals surface area (Å²) in [6.45, 7) is 4.41. The van der Waals surface area contributed by atoms with Gasteiger partial charge in [0.2, 0.25) is 5.91 Å². The van der Waals surface area contributed by atoms with E-state index >= 15 is 0 Å². The molecule has 0 heterocycles. The summed E-state index contributed by atoms with van der Waals surface area (Å²) in [5, 5.41) is 23.4. The Labute approximate surface area is 442 Å². The van der Waals surface area contributed by atoms with Crippen molar-refractivity contribution in [1.29, 1.82) is 0 Å². The molecule has 0 fully saturated rings. The molecule has 0 rings (SSSR count). The van der Waals surface area contributed by atoms with Gasteiger partial charge in [0, 0.05) is 6.42 Å². The average Bonchev–Trinajstić information content (AvgIpc) is 3.36. The topological polar surface area (TPSA) is 69.6 Å². The number of amides is 1. The molecule has 0 spiro atoms. The Balaban J connectivity index is 3.32. The fourth-order valence-corrected chi connectivity index (χ4v) is 11.1. The van der Waals surface area contributed by atoms with Crippen LogP contribution in [0.4, 0.5) is 0 Å². The van der Waals surface area contributed by atoms with E-state index in [-0.39, 0.29) is 12.5 Å². The monoisotopic (exact) mass is 988 g/mol. The van der Waals surface area contributed by atoms with Crippen LogP contribution in [0.1, 0.15) is 399 Å². The largest absolute Gasteiger partial charge is 0.394 e. The lowest BCUT2D eigenvalue weighted by Crippen LogP contribution is -2.45. The molecule has 2 unspecified atom stereocenters. The summed E-state index contributed by atoms with van der Waals surface area (Å²) in [4.78, 5) is 12.5. The predicted molar refractivity (Wildman–Crippen MR) is 313 cm³/mol. The summed E-state index contributed by atoms with van der Waals surface area (Å²) >= 11 is 0. The van der Waals surface area contributed by atoms with Crippen LogP contribution in [0.25, 0.3) is 0 Å². The molecule has 70 heavy (non-hydrogen) atoms. The first-order chi connectivity index (χ1) is 34.7. The van der Waals surface area contributed by atoms with Crippen LogP contribution in [0, 0.1) is 0 Å². The summed E-state index contributed by atoms with van der Waals surface area (Å²) < 4.78 is 0. The second-order valence-corrected chi connectivity index (χ2v) is 23.3. The minimum atomic E-state index is -0.655. The van der Waals surface area contributed by atoms with E-state index in [2.05, 4.69) is 19.2 Å². The quantitative estimate of drug-likeness (QED) is 0.0532. The molecule has 420 valence electrons. The fraction of sp³-hybridized carbons (Fsp3) is 0.985. The van der Waals surface area contributed by atoms with E-state index in [0.717, 1.165) is 25.7 Å². The van der Waals surface area contributed by atoms with Crippen molar-refractivity contribution < 1.29 is 15.0 Å². The normalized spacial score (nSPS) is 12.6. The van der Waals surface area contributed by atoms with E-state index in [9.17, 15) is 15.0 Å². The number of aliphatic hydroxyl groups excluding tert-OH is 2. The number of hydrogen-bond donors (Lipinski definition) is 3. The predicted octanol–water partition coefficient (Wildman–Crippen LogP) is 22.3. The second kappa shape index (κ2) is 62.7. The van der Waals surface area contributed by atoms with Crippen molar-refractivity contribution in [2.45, 2.75) is 411 Å². The van der Waals surface area contributed by atoms with Crippen molar-refractivity contribution in [1.82, 2.24) is 5.32 Å². The van der Waals surface area contributed by atoms with Crippen molar-refractivity contribution in [3.05, 3.63) is 0 Å². The van der Waals surface area contributed by atoms with Crippen molar-refractivity contribution in [3.8, 4) is 0 Å². The van der Waals surface area contributed by atoms with E-state index in [1.165, 1.54) is 347 Å². The number of carbonyl (C=O) groups is 1. The Morgan fingerprint density at radius 1 is 0.286 bits per heavy atom. The van der Waals surface area contributed by atoms with Gasteiger partial charge in [-0.3, -0.25) is 4.79 Å². The summed E-state index contributed by atoms with van der Waals surface area (Å²) in [7, 11) is 0. The maximum absolute atomic E-state index is 12.5. The Morgan fingerprint density at radius 2 is 0.457 bits per heavy atom. The molecular formula is C66H133NO3. The zero-order chi connectivity index (χ0) is 50.6. The van der Waals surface area contributed by atoms with Crippen LogP contribution in [-0.2, 0) is 4.79 Å². The van der Waals surface area contributed by atoms with E-state index in [0.29, 0.717) is 12.8 Å². The number of unbranched alkanes of at least 4 members (excludes halogenated alkanes) is 56. The molecule has 0 saturated carbocycles. The SMILES string of the molecule is CCCCCCCCCCCCCCCCCCCCCCCCCCCCCCCCCCCCCCCCCC(=O)NC(CO)C(O)CCCCCCCCCCCCCCCCCCCCC. The number of carbonyl (C=O) groups excluding carboxylic acids is 1. The lowest BCUT2D eigenvalue weighted by Gasteiger charge is -2.22. The van der Waals surface area contributed by atoms with Gasteiger partial charge in [0.05, 0.1) is 18.8 Å². The van der Waals surface area contributed by atoms with Gasteiger partial charge < -0.3 is 15.5 Å². The highest BCUT2D eigenvalue weighted by atomic mass is 16.3. The van der Waals surface area contributed by atoms with Gasteiger partial charge >= 0.3 is 0 Å². The zero-order valence-electron chi connectivity index (χ0n) is 48.6. The van der Waals surface area contributed by atoms with Crippen LogP contribution >= 0.6 is 0 Å². The first kappa shape index (κ1) is 69.4. The second-order valence-electron chi connectivity index (χ2n) is 23.3. The molecule has 0 aromatic heterocycles. The smallest absolute Gasteiger partial charge is 0.220 e. The highest BCUT2D eigenvalue weighted by molar-refractivity contribution is 5.76. The van der Waals surface area contributed by atoms with Crippen LogP contribution in [0.3, 0.4) is 0 Å². The molecule has 4 heteroatoms. The first-order valence-corrected chi connectivity index (χ1v) is 33.2. The van der Waals surface area contributed by atoms with Crippen molar-refractivity contribution in [2.75, 3.05) is 6.61 Å². The van der Waals surface area contributed by atoms with Crippen molar-refractivity contribution >= 4 is 5.91 Å². The Kier molecular flexibility index (Phi) is 62.1. The number of aliphatic hydroxyl groups is 2. The van der Waals surface area contributed by atoms with Crippen molar-refractivity contribution in [2.24, 2.45) is 0 Å². The molecule has 2 atom stereocenters. The van der Waals surface area contributed by atoms with E-state index in [4.69, 9.17) is 0 Å². The van der Waals surface area contributed by atoms with Gasteiger partial charge in [-0.15, -0.1) is 0 Å². The average molecular weight is 989 g/mol.